The van der Waals surface area contributed by atoms with Crippen LogP contribution < -0.4 is 14.4 Å². The SMILES string of the molecule is c1ccc(-n2cc(CN3CCN(c4ccncc4)CC3)c(-c3ccc4c(c3)OCO4)n2)cc1. The number of pyridine rings is 1. The van der Waals surface area contributed by atoms with E-state index < -0.39 is 0 Å². The van der Waals surface area contributed by atoms with E-state index in [9.17, 15) is 0 Å². The highest BCUT2D eigenvalue weighted by Crippen LogP contribution is 2.37. The highest BCUT2D eigenvalue weighted by Gasteiger charge is 2.22. The number of hydrogen-bond donors (Lipinski definition) is 0. The van der Waals surface area contributed by atoms with Gasteiger partial charge in [0.1, 0.15) is 0 Å². The zero-order valence-electron chi connectivity index (χ0n) is 18.3. The molecule has 7 nitrogen and oxygen atoms in total. The molecule has 0 saturated carbocycles. The fourth-order valence-corrected chi connectivity index (χ4v) is 4.49. The zero-order valence-corrected chi connectivity index (χ0v) is 18.3. The average molecular weight is 440 g/mol. The lowest BCUT2D eigenvalue weighted by Crippen LogP contribution is -2.46. The van der Waals surface area contributed by atoms with Crippen molar-refractivity contribution in [3.63, 3.8) is 0 Å². The van der Waals surface area contributed by atoms with Crippen LogP contribution in [0.3, 0.4) is 0 Å². The third kappa shape index (κ3) is 4.03. The molecule has 2 aromatic heterocycles. The first kappa shape index (κ1) is 19.8. The van der Waals surface area contributed by atoms with Gasteiger partial charge in [-0.2, -0.15) is 5.10 Å². The number of piperazine rings is 1. The molecule has 2 aliphatic rings. The molecule has 33 heavy (non-hydrogen) atoms. The third-order valence-electron chi connectivity index (χ3n) is 6.25. The highest BCUT2D eigenvalue weighted by atomic mass is 16.7. The van der Waals surface area contributed by atoms with Crippen LogP contribution in [-0.2, 0) is 6.54 Å². The van der Waals surface area contributed by atoms with Crippen molar-refractivity contribution in [1.29, 1.82) is 0 Å². The normalized spacial score (nSPS) is 15.7. The molecule has 2 aliphatic heterocycles. The third-order valence-corrected chi connectivity index (χ3v) is 6.25. The molecule has 166 valence electrons. The topological polar surface area (TPSA) is 55.7 Å². The Balaban J connectivity index is 1.27. The fourth-order valence-electron chi connectivity index (χ4n) is 4.49. The molecule has 0 atom stereocenters. The maximum atomic E-state index is 5.62. The lowest BCUT2D eigenvalue weighted by Gasteiger charge is -2.36. The number of fused-ring (bicyclic) bond motifs is 1. The van der Waals surface area contributed by atoms with Crippen molar-refractivity contribution in [3.8, 4) is 28.4 Å². The van der Waals surface area contributed by atoms with E-state index in [0.29, 0.717) is 0 Å². The standard InChI is InChI=1S/C26H25N5O2/c1-2-4-23(5-3-1)31-18-21(26(28-31)20-6-7-24-25(16-20)33-19-32-24)17-29-12-14-30(15-13-29)22-8-10-27-11-9-22/h1-11,16,18H,12-15,17,19H2. The van der Waals surface area contributed by atoms with Gasteiger partial charge in [-0.1, -0.05) is 18.2 Å². The first-order chi connectivity index (χ1) is 16.3. The van der Waals surface area contributed by atoms with Gasteiger partial charge in [0.25, 0.3) is 0 Å². The van der Waals surface area contributed by atoms with Gasteiger partial charge in [0.05, 0.1) is 11.4 Å². The number of rotatable bonds is 5. The molecule has 0 amide bonds. The Morgan fingerprint density at radius 2 is 1.58 bits per heavy atom. The summed E-state index contributed by atoms with van der Waals surface area (Å²) in [6, 6.07) is 20.5. The summed E-state index contributed by atoms with van der Waals surface area (Å²) < 4.78 is 13.1. The fraction of sp³-hybridized carbons (Fsp3) is 0.231. The molecule has 0 radical (unpaired) electrons. The first-order valence-electron chi connectivity index (χ1n) is 11.2. The van der Waals surface area contributed by atoms with Crippen LogP contribution in [-0.4, -0.2) is 52.6 Å². The van der Waals surface area contributed by atoms with E-state index in [1.54, 1.807) is 0 Å². The predicted octanol–water partition coefficient (Wildman–Crippen LogP) is 3.99. The van der Waals surface area contributed by atoms with Gasteiger partial charge < -0.3 is 14.4 Å². The number of hydrogen-bond acceptors (Lipinski definition) is 6. The Morgan fingerprint density at radius 3 is 2.39 bits per heavy atom. The number of para-hydroxylation sites is 1. The lowest BCUT2D eigenvalue weighted by atomic mass is 10.1. The van der Waals surface area contributed by atoms with Crippen molar-refractivity contribution >= 4 is 5.69 Å². The molecule has 0 spiro atoms. The van der Waals surface area contributed by atoms with Crippen LogP contribution in [0.25, 0.3) is 16.9 Å². The maximum Gasteiger partial charge on any atom is 0.231 e. The maximum absolute atomic E-state index is 5.62. The summed E-state index contributed by atoms with van der Waals surface area (Å²) in [4.78, 5) is 9.06. The second-order valence-corrected chi connectivity index (χ2v) is 8.32. The Morgan fingerprint density at radius 1 is 0.788 bits per heavy atom. The van der Waals surface area contributed by atoms with E-state index in [1.165, 1.54) is 11.3 Å². The molecule has 2 aromatic carbocycles. The lowest BCUT2D eigenvalue weighted by molar-refractivity contribution is 0.174. The first-order valence-corrected chi connectivity index (χ1v) is 11.2. The van der Waals surface area contributed by atoms with E-state index in [4.69, 9.17) is 14.6 Å². The predicted molar refractivity (Wildman–Crippen MR) is 127 cm³/mol. The van der Waals surface area contributed by atoms with E-state index in [1.807, 2.05) is 47.4 Å². The Kier molecular flexibility index (Phi) is 5.16. The van der Waals surface area contributed by atoms with Crippen LogP contribution in [0, 0.1) is 0 Å². The van der Waals surface area contributed by atoms with Gasteiger partial charge in [-0.15, -0.1) is 0 Å². The van der Waals surface area contributed by atoms with Gasteiger partial charge in [0.15, 0.2) is 11.5 Å². The molecule has 1 fully saturated rings. The van der Waals surface area contributed by atoms with Gasteiger partial charge in [-0.3, -0.25) is 9.88 Å². The van der Waals surface area contributed by atoms with Gasteiger partial charge in [0.2, 0.25) is 6.79 Å². The largest absolute Gasteiger partial charge is 0.454 e. The summed E-state index contributed by atoms with van der Waals surface area (Å²) in [5.74, 6) is 1.56. The van der Waals surface area contributed by atoms with E-state index in [-0.39, 0.29) is 6.79 Å². The molecule has 4 heterocycles. The average Bonchev–Trinajstić information content (AvgIpc) is 3.52. The molecule has 4 aromatic rings. The molecular formula is C26H25N5O2. The number of anilines is 1. The summed E-state index contributed by atoms with van der Waals surface area (Å²) in [6.45, 7) is 5.11. The summed E-state index contributed by atoms with van der Waals surface area (Å²) in [6.07, 6.45) is 5.87. The van der Waals surface area contributed by atoms with Crippen LogP contribution >= 0.6 is 0 Å². The Labute approximate surface area is 192 Å². The van der Waals surface area contributed by atoms with E-state index in [2.05, 4.69) is 51.3 Å². The minimum Gasteiger partial charge on any atom is -0.454 e. The summed E-state index contributed by atoms with van der Waals surface area (Å²) in [7, 11) is 0. The van der Waals surface area contributed by atoms with E-state index >= 15 is 0 Å². The molecule has 7 heteroatoms. The molecule has 0 N–H and O–H groups in total. The van der Waals surface area contributed by atoms with Crippen molar-refractivity contribution in [1.82, 2.24) is 19.7 Å². The summed E-state index contributed by atoms with van der Waals surface area (Å²) in [5, 5.41) is 4.98. The molecule has 0 aliphatic carbocycles. The Bertz CT molecular complexity index is 1230. The van der Waals surface area contributed by atoms with Gasteiger partial charge >= 0.3 is 0 Å². The van der Waals surface area contributed by atoms with Crippen LogP contribution in [0.1, 0.15) is 5.56 Å². The molecule has 0 bridgehead atoms. The number of benzene rings is 2. The van der Waals surface area contributed by atoms with Gasteiger partial charge in [0, 0.05) is 68.1 Å². The summed E-state index contributed by atoms with van der Waals surface area (Å²) >= 11 is 0. The number of aromatic nitrogens is 3. The Hall–Kier alpha value is -3.84. The van der Waals surface area contributed by atoms with Crippen LogP contribution in [0.2, 0.25) is 0 Å². The van der Waals surface area contributed by atoms with Gasteiger partial charge in [-0.05, 0) is 42.5 Å². The van der Waals surface area contributed by atoms with Crippen molar-refractivity contribution in [3.05, 3.63) is 84.8 Å². The van der Waals surface area contributed by atoms with Crippen LogP contribution in [0.5, 0.6) is 11.5 Å². The molecule has 1 saturated heterocycles. The molecule has 6 rings (SSSR count). The highest BCUT2D eigenvalue weighted by molar-refractivity contribution is 5.67. The van der Waals surface area contributed by atoms with Crippen molar-refractivity contribution in [2.24, 2.45) is 0 Å². The second kappa shape index (κ2) is 8.60. The monoisotopic (exact) mass is 439 g/mol. The molecular weight excluding hydrogens is 414 g/mol. The zero-order chi connectivity index (χ0) is 22.0. The summed E-state index contributed by atoms with van der Waals surface area (Å²) in [5.41, 5.74) is 5.51. The van der Waals surface area contributed by atoms with Crippen molar-refractivity contribution < 1.29 is 9.47 Å². The second-order valence-electron chi connectivity index (χ2n) is 8.32. The quantitative estimate of drug-likeness (QED) is 0.469. The number of nitrogens with zero attached hydrogens (tertiary/aromatic N) is 5. The van der Waals surface area contributed by atoms with E-state index in [0.717, 1.165) is 61.2 Å². The minimum atomic E-state index is 0.270. The van der Waals surface area contributed by atoms with Crippen molar-refractivity contribution in [2.45, 2.75) is 6.54 Å². The van der Waals surface area contributed by atoms with Crippen LogP contribution in [0.4, 0.5) is 5.69 Å². The number of ether oxygens (including phenoxy) is 2. The van der Waals surface area contributed by atoms with Crippen molar-refractivity contribution in [2.75, 3.05) is 37.9 Å². The minimum absolute atomic E-state index is 0.270. The smallest absolute Gasteiger partial charge is 0.231 e. The van der Waals surface area contributed by atoms with Gasteiger partial charge in [-0.25, -0.2) is 4.68 Å². The van der Waals surface area contributed by atoms with Crippen LogP contribution in [0.15, 0.2) is 79.3 Å². The molecule has 0 unspecified atom stereocenters.